The van der Waals surface area contributed by atoms with E-state index in [-0.39, 0.29) is 5.97 Å². The number of hydrogen-bond acceptors (Lipinski definition) is 3. The zero-order chi connectivity index (χ0) is 12.8. The molecule has 17 heavy (non-hydrogen) atoms. The van der Waals surface area contributed by atoms with Crippen LogP contribution in [0.1, 0.15) is 64.7 Å². The summed E-state index contributed by atoms with van der Waals surface area (Å²) in [5.41, 5.74) is 0. The average Bonchev–Trinajstić information content (AvgIpc) is 2.35. The lowest BCUT2D eigenvalue weighted by atomic mass is 10.1. The first-order valence-electron chi connectivity index (χ1n) is 6.86. The van der Waals surface area contributed by atoms with Crippen molar-refractivity contribution in [1.29, 1.82) is 0 Å². The predicted molar refractivity (Wildman–Crippen MR) is 72.6 cm³/mol. The van der Waals surface area contributed by atoms with E-state index in [1.165, 1.54) is 52.1 Å². The van der Waals surface area contributed by atoms with Gasteiger partial charge in [-0.1, -0.05) is 51.9 Å². The molecule has 0 fully saturated rings. The van der Waals surface area contributed by atoms with Crippen LogP contribution in [0.15, 0.2) is 4.99 Å². The smallest absolute Gasteiger partial charge is 0.310 e. The average molecular weight is 241 g/mol. The number of methoxy groups -OCH3 is 1. The number of hydrogen-bond donors (Lipinski definition) is 0. The molecule has 0 aliphatic rings. The minimum absolute atomic E-state index is 0.218. The van der Waals surface area contributed by atoms with E-state index in [0.29, 0.717) is 6.42 Å². The van der Waals surface area contributed by atoms with E-state index in [1.54, 1.807) is 6.21 Å². The Kier molecular flexibility index (Phi) is 12.5. The molecule has 0 aromatic heterocycles. The van der Waals surface area contributed by atoms with Gasteiger partial charge in [0, 0.05) is 12.8 Å². The SMILES string of the molecule is CCCCCCCCCCN=CCC(=O)OC. The number of carbonyl (C=O) groups excluding carboxylic acids is 1. The van der Waals surface area contributed by atoms with Crippen molar-refractivity contribution in [2.24, 2.45) is 4.99 Å². The van der Waals surface area contributed by atoms with Gasteiger partial charge in [0.25, 0.3) is 0 Å². The molecular formula is C14H27NO2. The first-order chi connectivity index (χ1) is 8.31. The fourth-order valence-corrected chi connectivity index (χ4v) is 1.65. The second-order valence-electron chi connectivity index (χ2n) is 4.34. The topological polar surface area (TPSA) is 38.7 Å². The molecule has 0 atom stereocenters. The van der Waals surface area contributed by atoms with Crippen LogP contribution in [0.25, 0.3) is 0 Å². The van der Waals surface area contributed by atoms with Gasteiger partial charge in [-0.25, -0.2) is 0 Å². The Bertz CT molecular complexity index is 202. The van der Waals surface area contributed by atoms with Crippen LogP contribution in [-0.4, -0.2) is 25.8 Å². The van der Waals surface area contributed by atoms with E-state index in [9.17, 15) is 4.79 Å². The van der Waals surface area contributed by atoms with Gasteiger partial charge in [-0.2, -0.15) is 0 Å². The maximum Gasteiger partial charge on any atom is 0.310 e. The molecule has 0 aliphatic carbocycles. The number of aliphatic imine (C=N–C) groups is 1. The van der Waals surface area contributed by atoms with E-state index in [0.717, 1.165) is 13.0 Å². The summed E-state index contributed by atoms with van der Waals surface area (Å²) in [7, 11) is 1.40. The Morgan fingerprint density at radius 1 is 1.06 bits per heavy atom. The number of ether oxygens (including phenoxy) is 1. The van der Waals surface area contributed by atoms with Crippen LogP contribution >= 0.6 is 0 Å². The van der Waals surface area contributed by atoms with Crippen LogP contribution in [0.4, 0.5) is 0 Å². The van der Waals surface area contributed by atoms with Crippen molar-refractivity contribution in [3.8, 4) is 0 Å². The third-order valence-corrected chi connectivity index (χ3v) is 2.76. The minimum Gasteiger partial charge on any atom is -0.469 e. The third-order valence-electron chi connectivity index (χ3n) is 2.76. The first kappa shape index (κ1) is 16.1. The molecule has 3 heteroatoms. The second kappa shape index (κ2) is 13.2. The van der Waals surface area contributed by atoms with Crippen molar-refractivity contribution in [2.75, 3.05) is 13.7 Å². The standard InChI is InChI=1S/C14H27NO2/c1-3-4-5-6-7-8-9-10-12-15-13-11-14(16)17-2/h13H,3-12H2,1-2H3. The molecule has 0 rings (SSSR count). The van der Waals surface area contributed by atoms with E-state index in [1.807, 2.05) is 0 Å². The molecule has 0 aromatic rings. The van der Waals surface area contributed by atoms with Crippen molar-refractivity contribution >= 4 is 12.2 Å². The molecule has 0 amide bonds. The Morgan fingerprint density at radius 3 is 2.24 bits per heavy atom. The van der Waals surface area contributed by atoms with Crippen LogP contribution in [-0.2, 0) is 9.53 Å². The van der Waals surface area contributed by atoms with E-state index in [2.05, 4.69) is 16.7 Å². The van der Waals surface area contributed by atoms with Crippen molar-refractivity contribution in [3.05, 3.63) is 0 Å². The van der Waals surface area contributed by atoms with Crippen molar-refractivity contribution in [3.63, 3.8) is 0 Å². The molecular weight excluding hydrogens is 214 g/mol. The quantitative estimate of drug-likeness (QED) is 0.314. The van der Waals surface area contributed by atoms with Gasteiger partial charge in [0.05, 0.1) is 13.5 Å². The minimum atomic E-state index is -0.218. The summed E-state index contributed by atoms with van der Waals surface area (Å²) in [6.45, 7) is 3.08. The van der Waals surface area contributed by atoms with Gasteiger partial charge in [0.15, 0.2) is 0 Å². The zero-order valence-electron chi connectivity index (χ0n) is 11.4. The number of carbonyl (C=O) groups is 1. The Morgan fingerprint density at radius 2 is 1.65 bits per heavy atom. The highest BCUT2D eigenvalue weighted by Crippen LogP contribution is 2.08. The molecule has 3 nitrogen and oxygen atoms in total. The second-order valence-corrected chi connectivity index (χ2v) is 4.34. The monoisotopic (exact) mass is 241 g/mol. The van der Waals surface area contributed by atoms with E-state index < -0.39 is 0 Å². The van der Waals surface area contributed by atoms with Crippen molar-refractivity contribution < 1.29 is 9.53 Å². The number of nitrogens with zero attached hydrogens (tertiary/aromatic N) is 1. The number of esters is 1. The summed E-state index contributed by atoms with van der Waals surface area (Å²) in [4.78, 5) is 14.9. The summed E-state index contributed by atoms with van der Waals surface area (Å²) in [6.07, 6.45) is 12.5. The molecule has 100 valence electrons. The van der Waals surface area contributed by atoms with Gasteiger partial charge in [0.1, 0.15) is 0 Å². The van der Waals surface area contributed by atoms with Crippen LogP contribution in [0.2, 0.25) is 0 Å². The molecule has 0 aliphatic heterocycles. The Balaban J connectivity index is 3.10. The van der Waals surface area contributed by atoms with Gasteiger partial charge in [-0.05, 0) is 6.42 Å². The highest BCUT2D eigenvalue weighted by molar-refractivity contribution is 5.85. The fraction of sp³-hybridized carbons (Fsp3) is 0.857. The fourth-order valence-electron chi connectivity index (χ4n) is 1.65. The van der Waals surface area contributed by atoms with Crippen molar-refractivity contribution in [1.82, 2.24) is 0 Å². The van der Waals surface area contributed by atoms with Crippen LogP contribution in [0.5, 0.6) is 0 Å². The lowest BCUT2D eigenvalue weighted by molar-refractivity contribution is -0.139. The summed E-state index contributed by atoms with van der Waals surface area (Å²) < 4.78 is 4.51. The molecule has 0 N–H and O–H groups in total. The molecule has 0 spiro atoms. The van der Waals surface area contributed by atoms with Gasteiger partial charge in [0.2, 0.25) is 0 Å². The summed E-state index contributed by atoms with van der Waals surface area (Å²) in [5, 5.41) is 0. The molecule has 0 aromatic carbocycles. The molecule has 0 unspecified atom stereocenters. The largest absolute Gasteiger partial charge is 0.469 e. The Hall–Kier alpha value is -0.860. The summed E-state index contributed by atoms with van der Waals surface area (Å²) in [6, 6.07) is 0. The van der Waals surface area contributed by atoms with Gasteiger partial charge in [-0.15, -0.1) is 0 Å². The number of rotatable bonds is 11. The van der Waals surface area contributed by atoms with Gasteiger partial charge in [-0.3, -0.25) is 9.79 Å². The first-order valence-corrected chi connectivity index (χ1v) is 6.86. The third kappa shape index (κ3) is 13.1. The normalized spacial score (nSPS) is 10.9. The lowest BCUT2D eigenvalue weighted by Gasteiger charge is -1.99. The lowest BCUT2D eigenvalue weighted by Crippen LogP contribution is -2.00. The maximum absolute atomic E-state index is 10.8. The van der Waals surface area contributed by atoms with E-state index in [4.69, 9.17) is 0 Å². The highest BCUT2D eigenvalue weighted by Gasteiger charge is 1.94. The Labute approximate surface area is 106 Å². The summed E-state index contributed by atoms with van der Waals surface area (Å²) in [5.74, 6) is -0.218. The zero-order valence-corrected chi connectivity index (χ0v) is 11.4. The van der Waals surface area contributed by atoms with Gasteiger partial charge >= 0.3 is 5.97 Å². The molecule has 0 radical (unpaired) electrons. The van der Waals surface area contributed by atoms with Gasteiger partial charge < -0.3 is 4.74 Å². The predicted octanol–water partition coefficient (Wildman–Crippen LogP) is 3.76. The number of unbranched alkanes of at least 4 members (excludes halogenated alkanes) is 7. The molecule has 0 saturated heterocycles. The van der Waals surface area contributed by atoms with E-state index >= 15 is 0 Å². The van der Waals surface area contributed by atoms with Crippen LogP contribution in [0, 0.1) is 0 Å². The van der Waals surface area contributed by atoms with Crippen LogP contribution in [0.3, 0.4) is 0 Å². The molecule has 0 bridgehead atoms. The molecule has 0 heterocycles. The maximum atomic E-state index is 10.8. The van der Waals surface area contributed by atoms with Crippen LogP contribution < -0.4 is 0 Å². The highest BCUT2D eigenvalue weighted by atomic mass is 16.5. The van der Waals surface area contributed by atoms with Crippen molar-refractivity contribution in [2.45, 2.75) is 64.7 Å². The summed E-state index contributed by atoms with van der Waals surface area (Å²) >= 11 is 0. The molecule has 0 saturated carbocycles.